The van der Waals surface area contributed by atoms with Crippen LogP contribution in [0.5, 0.6) is 5.75 Å². The normalized spacial score (nSPS) is 9.29. The standard InChI is InChI=1S/C12H15NO/c1-10-7-11(9-12(14)8-10)5-3-4-6-13-2/h7-9,13-14H,4,6H2,1-2H3. The molecule has 74 valence electrons. The molecule has 2 nitrogen and oxygen atoms in total. The number of hydrogen-bond donors (Lipinski definition) is 2. The zero-order valence-electron chi connectivity index (χ0n) is 8.59. The minimum Gasteiger partial charge on any atom is -0.508 e. The first kappa shape index (κ1) is 10.6. The predicted molar refractivity (Wildman–Crippen MR) is 58.3 cm³/mol. The SMILES string of the molecule is CNCCC#Cc1cc(C)cc(O)c1. The van der Waals surface area contributed by atoms with Crippen LogP contribution in [-0.2, 0) is 0 Å². The summed E-state index contributed by atoms with van der Waals surface area (Å²) in [5.74, 6) is 6.33. The van der Waals surface area contributed by atoms with E-state index in [9.17, 15) is 5.11 Å². The van der Waals surface area contributed by atoms with E-state index in [0.29, 0.717) is 0 Å². The fourth-order valence-electron chi connectivity index (χ4n) is 1.19. The first-order chi connectivity index (χ1) is 6.72. The van der Waals surface area contributed by atoms with E-state index in [4.69, 9.17) is 0 Å². The van der Waals surface area contributed by atoms with Crippen LogP contribution < -0.4 is 5.32 Å². The summed E-state index contributed by atoms with van der Waals surface area (Å²) in [6.45, 7) is 2.84. The molecule has 0 aliphatic rings. The van der Waals surface area contributed by atoms with Gasteiger partial charge >= 0.3 is 0 Å². The number of benzene rings is 1. The lowest BCUT2D eigenvalue weighted by molar-refractivity contribution is 0.474. The minimum absolute atomic E-state index is 0.280. The molecule has 1 aromatic carbocycles. The second-order valence-electron chi connectivity index (χ2n) is 3.21. The van der Waals surface area contributed by atoms with Crippen LogP contribution in [-0.4, -0.2) is 18.7 Å². The Kier molecular flexibility index (Phi) is 4.03. The van der Waals surface area contributed by atoms with Crippen LogP contribution in [0.3, 0.4) is 0 Å². The quantitative estimate of drug-likeness (QED) is 0.548. The molecule has 0 atom stereocenters. The maximum Gasteiger partial charge on any atom is 0.117 e. The van der Waals surface area contributed by atoms with Gasteiger partial charge in [-0.15, -0.1) is 0 Å². The molecule has 0 aromatic heterocycles. The van der Waals surface area contributed by atoms with Gasteiger partial charge in [0.15, 0.2) is 0 Å². The highest BCUT2D eigenvalue weighted by molar-refractivity contribution is 5.42. The third-order valence-electron chi connectivity index (χ3n) is 1.79. The highest BCUT2D eigenvalue weighted by Crippen LogP contribution is 2.13. The Morgan fingerprint density at radius 2 is 2.14 bits per heavy atom. The third kappa shape index (κ3) is 3.51. The van der Waals surface area contributed by atoms with E-state index in [1.807, 2.05) is 20.0 Å². The van der Waals surface area contributed by atoms with E-state index >= 15 is 0 Å². The van der Waals surface area contributed by atoms with Crippen LogP contribution in [0.4, 0.5) is 0 Å². The van der Waals surface area contributed by atoms with Crippen LogP contribution in [0.2, 0.25) is 0 Å². The summed E-state index contributed by atoms with van der Waals surface area (Å²) in [4.78, 5) is 0. The molecule has 0 bridgehead atoms. The molecular formula is C12H15NO. The summed E-state index contributed by atoms with van der Waals surface area (Å²) in [5, 5.41) is 12.3. The number of phenolic OH excluding ortho intramolecular Hbond substituents is 1. The maximum absolute atomic E-state index is 9.32. The smallest absolute Gasteiger partial charge is 0.117 e. The van der Waals surface area contributed by atoms with Gasteiger partial charge in [0.2, 0.25) is 0 Å². The second-order valence-corrected chi connectivity index (χ2v) is 3.21. The van der Waals surface area contributed by atoms with Gasteiger partial charge in [0, 0.05) is 18.5 Å². The Bertz CT molecular complexity index is 340. The first-order valence-electron chi connectivity index (χ1n) is 4.66. The molecule has 0 radical (unpaired) electrons. The Balaban J connectivity index is 2.69. The molecule has 0 saturated carbocycles. The van der Waals surface area contributed by atoms with Crippen molar-refractivity contribution in [2.24, 2.45) is 0 Å². The summed E-state index contributed by atoms with van der Waals surface area (Å²) in [5.41, 5.74) is 1.90. The van der Waals surface area contributed by atoms with Gasteiger partial charge < -0.3 is 10.4 Å². The number of rotatable bonds is 2. The van der Waals surface area contributed by atoms with Gasteiger partial charge in [0.05, 0.1) is 0 Å². The molecule has 0 fully saturated rings. The van der Waals surface area contributed by atoms with Gasteiger partial charge in [0.25, 0.3) is 0 Å². The Morgan fingerprint density at radius 1 is 1.36 bits per heavy atom. The highest BCUT2D eigenvalue weighted by Gasteiger charge is 1.92. The number of hydrogen-bond acceptors (Lipinski definition) is 2. The van der Waals surface area contributed by atoms with E-state index in [2.05, 4.69) is 17.2 Å². The third-order valence-corrected chi connectivity index (χ3v) is 1.79. The molecular weight excluding hydrogens is 174 g/mol. The van der Waals surface area contributed by atoms with Gasteiger partial charge in [-0.05, 0) is 37.7 Å². The average Bonchev–Trinajstić information content (AvgIpc) is 2.11. The molecule has 0 spiro atoms. The second kappa shape index (κ2) is 5.31. The van der Waals surface area contributed by atoms with Crippen LogP contribution in [0.1, 0.15) is 17.5 Å². The molecule has 0 amide bonds. The first-order valence-corrected chi connectivity index (χ1v) is 4.66. The van der Waals surface area contributed by atoms with Gasteiger partial charge in [-0.25, -0.2) is 0 Å². The fraction of sp³-hybridized carbons (Fsp3) is 0.333. The molecule has 0 aliphatic heterocycles. The molecule has 2 heteroatoms. The van der Waals surface area contributed by atoms with Crippen molar-refractivity contribution in [1.29, 1.82) is 0 Å². The monoisotopic (exact) mass is 189 g/mol. The highest BCUT2D eigenvalue weighted by atomic mass is 16.3. The van der Waals surface area contributed by atoms with Crippen molar-refractivity contribution in [3.8, 4) is 17.6 Å². The molecule has 1 rings (SSSR count). The number of nitrogens with one attached hydrogen (secondary N) is 1. The molecule has 0 saturated heterocycles. The summed E-state index contributed by atoms with van der Waals surface area (Å²) in [6.07, 6.45) is 0.825. The van der Waals surface area contributed by atoms with E-state index in [1.54, 1.807) is 12.1 Å². The van der Waals surface area contributed by atoms with E-state index < -0.39 is 0 Å². The van der Waals surface area contributed by atoms with Crippen LogP contribution in [0.15, 0.2) is 18.2 Å². The zero-order valence-corrected chi connectivity index (χ0v) is 8.59. The largest absolute Gasteiger partial charge is 0.508 e. The van der Waals surface area contributed by atoms with Gasteiger partial charge in [0.1, 0.15) is 5.75 Å². The molecule has 1 aromatic rings. The molecule has 14 heavy (non-hydrogen) atoms. The van der Waals surface area contributed by atoms with Crippen molar-refractivity contribution in [2.75, 3.05) is 13.6 Å². The minimum atomic E-state index is 0.280. The Labute approximate surface area is 85.0 Å². The van der Waals surface area contributed by atoms with Crippen molar-refractivity contribution in [2.45, 2.75) is 13.3 Å². The Hall–Kier alpha value is -1.46. The topological polar surface area (TPSA) is 32.3 Å². The maximum atomic E-state index is 9.32. The Morgan fingerprint density at radius 3 is 2.79 bits per heavy atom. The van der Waals surface area contributed by atoms with Crippen LogP contribution in [0, 0.1) is 18.8 Å². The van der Waals surface area contributed by atoms with Crippen LogP contribution in [0.25, 0.3) is 0 Å². The summed E-state index contributed by atoms with van der Waals surface area (Å²) in [6, 6.07) is 5.37. The van der Waals surface area contributed by atoms with Crippen LogP contribution >= 0.6 is 0 Å². The molecule has 2 N–H and O–H groups in total. The predicted octanol–water partition coefficient (Wildman–Crippen LogP) is 1.66. The van der Waals surface area contributed by atoms with Gasteiger partial charge in [-0.3, -0.25) is 0 Å². The van der Waals surface area contributed by atoms with Crippen molar-refractivity contribution in [3.05, 3.63) is 29.3 Å². The van der Waals surface area contributed by atoms with E-state index in [1.165, 1.54) is 0 Å². The lowest BCUT2D eigenvalue weighted by atomic mass is 10.1. The average molecular weight is 189 g/mol. The lowest BCUT2D eigenvalue weighted by Gasteiger charge is -1.96. The molecule has 0 aliphatic carbocycles. The van der Waals surface area contributed by atoms with Crippen molar-refractivity contribution < 1.29 is 5.11 Å². The number of aromatic hydroxyl groups is 1. The van der Waals surface area contributed by atoms with Crippen molar-refractivity contribution >= 4 is 0 Å². The lowest BCUT2D eigenvalue weighted by Crippen LogP contribution is -2.05. The van der Waals surface area contributed by atoms with E-state index in [-0.39, 0.29) is 5.75 Å². The van der Waals surface area contributed by atoms with Crippen molar-refractivity contribution in [3.63, 3.8) is 0 Å². The van der Waals surface area contributed by atoms with Gasteiger partial charge in [-0.2, -0.15) is 0 Å². The summed E-state index contributed by atoms with van der Waals surface area (Å²) in [7, 11) is 1.90. The van der Waals surface area contributed by atoms with Gasteiger partial charge in [-0.1, -0.05) is 11.8 Å². The van der Waals surface area contributed by atoms with Crippen molar-refractivity contribution in [1.82, 2.24) is 5.32 Å². The number of phenols is 1. The summed E-state index contributed by atoms with van der Waals surface area (Å²) < 4.78 is 0. The summed E-state index contributed by atoms with van der Waals surface area (Å²) >= 11 is 0. The molecule has 0 heterocycles. The number of aryl methyl sites for hydroxylation is 1. The molecule has 0 unspecified atom stereocenters. The van der Waals surface area contributed by atoms with E-state index in [0.717, 1.165) is 24.1 Å². The zero-order chi connectivity index (χ0) is 10.4. The fourth-order valence-corrected chi connectivity index (χ4v) is 1.19.